The molecular formula is C17H23F3N2O5S. The summed E-state index contributed by atoms with van der Waals surface area (Å²) in [4.78, 5) is 23.0. The van der Waals surface area contributed by atoms with Crippen molar-refractivity contribution in [1.82, 2.24) is 10.2 Å². The van der Waals surface area contributed by atoms with Crippen molar-refractivity contribution in [3.05, 3.63) is 22.4 Å². The molecule has 1 aromatic heterocycles. The van der Waals surface area contributed by atoms with E-state index in [-0.39, 0.29) is 17.9 Å². The van der Waals surface area contributed by atoms with E-state index in [4.69, 9.17) is 19.4 Å². The average molecular weight is 424 g/mol. The van der Waals surface area contributed by atoms with Gasteiger partial charge >= 0.3 is 12.1 Å². The number of carboxylic acids is 1. The van der Waals surface area contributed by atoms with Gasteiger partial charge in [-0.3, -0.25) is 9.69 Å². The molecule has 0 unspecified atom stereocenters. The second-order valence-corrected chi connectivity index (χ2v) is 7.67. The lowest BCUT2D eigenvalue weighted by atomic mass is 9.81. The number of nitrogens with one attached hydrogen (secondary N) is 1. The van der Waals surface area contributed by atoms with Gasteiger partial charge in [0.25, 0.3) is 0 Å². The maximum Gasteiger partial charge on any atom is 0.490 e. The molecule has 3 rings (SSSR count). The Morgan fingerprint density at radius 1 is 1.50 bits per heavy atom. The first-order valence-electron chi connectivity index (χ1n) is 8.53. The number of nitrogens with zero attached hydrogens (tertiary/aromatic N) is 1. The number of hydrogen-bond acceptors (Lipinski definition) is 6. The summed E-state index contributed by atoms with van der Waals surface area (Å²) in [5.41, 5.74) is 1.44. The largest absolute Gasteiger partial charge is 0.490 e. The van der Waals surface area contributed by atoms with Crippen LogP contribution in [0, 0.1) is 11.3 Å². The number of rotatable bonds is 6. The summed E-state index contributed by atoms with van der Waals surface area (Å²) in [6.07, 6.45) is -5.08. The summed E-state index contributed by atoms with van der Waals surface area (Å²) in [6, 6.07) is 2.18. The van der Waals surface area contributed by atoms with Gasteiger partial charge in [0.1, 0.15) is 6.61 Å². The van der Waals surface area contributed by atoms with Gasteiger partial charge in [-0.15, -0.1) is 0 Å². The SMILES string of the molecule is COCC(=O)NC[C@]12COC[C@H]1CN(Cc1ccsc1)C2.O=C(O)C(F)(F)F. The van der Waals surface area contributed by atoms with Gasteiger partial charge in [-0.1, -0.05) is 0 Å². The van der Waals surface area contributed by atoms with Gasteiger partial charge in [-0.2, -0.15) is 24.5 Å². The highest BCUT2D eigenvalue weighted by Gasteiger charge is 2.50. The predicted molar refractivity (Wildman–Crippen MR) is 94.9 cm³/mol. The summed E-state index contributed by atoms with van der Waals surface area (Å²) in [5, 5.41) is 14.5. The fourth-order valence-corrected chi connectivity index (χ4v) is 4.07. The van der Waals surface area contributed by atoms with Crippen molar-refractivity contribution in [3.8, 4) is 0 Å². The number of carboxylic acid groups (broad SMARTS) is 1. The molecule has 2 aliphatic heterocycles. The predicted octanol–water partition coefficient (Wildman–Crippen LogP) is 1.59. The van der Waals surface area contributed by atoms with Crippen molar-refractivity contribution in [3.63, 3.8) is 0 Å². The number of amides is 1. The zero-order valence-corrected chi connectivity index (χ0v) is 16.1. The molecule has 3 heterocycles. The highest BCUT2D eigenvalue weighted by molar-refractivity contribution is 7.07. The molecule has 11 heteroatoms. The first kappa shape index (κ1) is 22.6. The van der Waals surface area contributed by atoms with Gasteiger partial charge < -0.3 is 19.9 Å². The highest BCUT2D eigenvalue weighted by atomic mass is 32.1. The Morgan fingerprint density at radius 3 is 2.79 bits per heavy atom. The summed E-state index contributed by atoms with van der Waals surface area (Å²) in [7, 11) is 1.54. The van der Waals surface area contributed by atoms with E-state index in [0.29, 0.717) is 12.5 Å². The normalized spacial score (nSPS) is 24.4. The first-order chi connectivity index (χ1) is 13.2. The third-order valence-electron chi connectivity index (χ3n) is 4.73. The Balaban J connectivity index is 0.000000345. The molecule has 1 aromatic rings. The minimum absolute atomic E-state index is 0.0474. The highest BCUT2D eigenvalue weighted by Crippen LogP contribution is 2.41. The molecule has 0 radical (unpaired) electrons. The molecule has 2 N–H and O–H groups in total. The van der Waals surface area contributed by atoms with Crippen LogP contribution >= 0.6 is 11.3 Å². The molecule has 0 bridgehead atoms. The first-order valence-corrected chi connectivity index (χ1v) is 9.47. The van der Waals surface area contributed by atoms with Crippen LogP contribution in [0.4, 0.5) is 13.2 Å². The standard InChI is InChI=1S/C15H22N2O3S.C2HF3O2/c1-19-7-14(18)16-9-15-10-17(4-12-2-3-21-8-12)5-13(15)6-20-11-15;3-2(4,5)1(6)7/h2-3,8,13H,4-7,9-11H2,1H3,(H,16,18);(H,6,7)/t13-,15+;/m1./s1. The van der Waals surface area contributed by atoms with Crippen LogP contribution < -0.4 is 5.32 Å². The molecule has 158 valence electrons. The molecule has 7 nitrogen and oxygen atoms in total. The van der Waals surface area contributed by atoms with Crippen molar-refractivity contribution < 1.29 is 37.3 Å². The van der Waals surface area contributed by atoms with Crippen LogP contribution in [-0.4, -0.2) is 74.6 Å². The van der Waals surface area contributed by atoms with E-state index < -0.39 is 12.1 Å². The van der Waals surface area contributed by atoms with Crippen molar-refractivity contribution in [1.29, 1.82) is 0 Å². The van der Waals surface area contributed by atoms with Gasteiger partial charge in [0, 0.05) is 44.6 Å². The molecule has 28 heavy (non-hydrogen) atoms. The van der Waals surface area contributed by atoms with E-state index in [1.165, 1.54) is 12.7 Å². The molecule has 1 amide bonds. The Kier molecular flexibility index (Phi) is 7.81. The zero-order chi connectivity index (χ0) is 20.8. The molecule has 0 saturated carbocycles. The zero-order valence-electron chi connectivity index (χ0n) is 15.3. The fraction of sp³-hybridized carbons (Fsp3) is 0.647. The van der Waals surface area contributed by atoms with Crippen molar-refractivity contribution >= 4 is 23.2 Å². The number of methoxy groups -OCH3 is 1. The van der Waals surface area contributed by atoms with E-state index in [1.807, 2.05) is 0 Å². The van der Waals surface area contributed by atoms with Gasteiger partial charge in [0.2, 0.25) is 5.91 Å². The maximum atomic E-state index is 11.6. The number of aliphatic carboxylic acids is 1. The molecule has 2 fully saturated rings. The minimum Gasteiger partial charge on any atom is -0.475 e. The molecular weight excluding hydrogens is 401 g/mol. The average Bonchev–Trinajstić information content (AvgIpc) is 3.29. The van der Waals surface area contributed by atoms with Gasteiger partial charge in [0.15, 0.2) is 0 Å². The third-order valence-corrected chi connectivity index (χ3v) is 5.47. The number of hydrogen-bond donors (Lipinski definition) is 2. The van der Waals surface area contributed by atoms with E-state index in [9.17, 15) is 18.0 Å². The fourth-order valence-electron chi connectivity index (χ4n) is 3.41. The molecule has 2 aliphatic rings. The molecule has 2 atom stereocenters. The number of carbonyl (C=O) groups is 2. The van der Waals surface area contributed by atoms with E-state index in [1.54, 1.807) is 11.3 Å². The Bertz CT molecular complexity index is 656. The van der Waals surface area contributed by atoms with Crippen LogP contribution in [0.25, 0.3) is 0 Å². The molecule has 0 aliphatic carbocycles. The van der Waals surface area contributed by atoms with Crippen LogP contribution in [0.3, 0.4) is 0 Å². The second kappa shape index (κ2) is 9.68. The number of fused-ring (bicyclic) bond motifs is 1. The molecule has 0 aromatic carbocycles. The Morgan fingerprint density at radius 2 is 2.21 bits per heavy atom. The van der Waals surface area contributed by atoms with Gasteiger partial charge in [-0.25, -0.2) is 4.79 Å². The monoisotopic (exact) mass is 424 g/mol. The van der Waals surface area contributed by atoms with Crippen molar-refractivity contribution in [2.75, 3.05) is 46.6 Å². The van der Waals surface area contributed by atoms with Crippen molar-refractivity contribution in [2.45, 2.75) is 12.7 Å². The maximum absolute atomic E-state index is 11.6. The lowest BCUT2D eigenvalue weighted by Gasteiger charge is -2.27. The van der Waals surface area contributed by atoms with E-state index in [2.05, 4.69) is 27.0 Å². The number of alkyl halides is 3. The van der Waals surface area contributed by atoms with Crippen LogP contribution in [0.15, 0.2) is 16.8 Å². The second-order valence-electron chi connectivity index (χ2n) is 6.89. The Labute approximate surface area is 164 Å². The number of thiophene rings is 1. The smallest absolute Gasteiger partial charge is 0.475 e. The summed E-state index contributed by atoms with van der Waals surface area (Å²) < 4.78 is 42.3. The Hall–Kier alpha value is -1.69. The number of ether oxygens (including phenoxy) is 2. The van der Waals surface area contributed by atoms with Crippen LogP contribution in [0.1, 0.15) is 5.56 Å². The van der Waals surface area contributed by atoms with Crippen LogP contribution in [0.2, 0.25) is 0 Å². The summed E-state index contributed by atoms with van der Waals surface area (Å²) in [6.45, 7) is 5.39. The number of carbonyl (C=O) groups excluding carboxylic acids is 1. The lowest BCUT2D eigenvalue weighted by Crippen LogP contribution is -2.44. The molecule has 0 spiro atoms. The topological polar surface area (TPSA) is 88.1 Å². The third kappa shape index (κ3) is 6.16. The van der Waals surface area contributed by atoms with E-state index >= 15 is 0 Å². The minimum atomic E-state index is -5.08. The molecule has 2 saturated heterocycles. The van der Waals surface area contributed by atoms with Crippen LogP contribution in [0.5, 0.6) is 0 Å². The summed E-state index contributed by atoms with van der Waals surface area (Å²) in [5.74, 6) is -2.29. The quantitative estimate of drug-likeness (QED) is 0.721. The number of halogens is 3. The van der Waals surface area contributed by atoms with E-state index in [0.717, 1.165) is 32.8 Å². The number of likely N-dealkylation sites (tertiary alicyclic amines) is 1. The van der Waals surface area contributed by atoms with Gasteiger partial charge in [-0.05, 0) is 22.4 Å². The lowest BCUT2D eigenvalue weighted by molar-refractivity contribution is -0.192. The van der Waals surface area contributed by atoms with Crippen molar-refractivity contribution in [2.24, 2.45) is 11.3 Å². The van der Waals surface area contributed by atoms with Crippen LogP contribution in [-0.2, 0) is 25.6 Å². The van der Waals surface area contributed by atoms with Gasteiger partial charge in [0.05, 0.1) is 13.2 Å². The summed E-state index contributed by atoms with van der Waals surface area (Å²) >= 11 is 1.74.